The molecular weight excluding hydrogens is 462 g/mol. The number of nitrogens with one attached hydrogen (secondary N) is 1. The Bertz CT molecular complexity index is 1410. The summed E-state index contributed by atoms with van der Waals surface area (Å²) in [7, 11) is 0. The second-order valence-electron chi connectivity index (χ2n) is 6.16. The van der Waals surface area contributed by atoms with Gasteiger partial charge in [-0.15, -0.1) is 0 Å². The summed E-state index contributed by atoms with van der Waals surface area (Å²) in [5.74, 6) is 0.0349. The standard InChI is InChI=1S/C8H10N2O2.C6H3N4S.C6H5N3S/c1-2-7(12)10-8-6(11)4-3-5-9-8;7-9-6-4-2-1-3-8-5(4)10-11-6;7-5-4-2-1-3-8-6(4)9-10-5/h3-5,11H,2H2,1H3,(H,9,10,12);1-3H;1-3H,7H2/q;+1;. The first-order valence-corrected chi connectivity index (χ1v) is 11.0. The van der Waals surface area contributed by atoms with E-state index in [9.17, 15) is 9.90 Å². The molecule has 5 heterocycles. The fourth-order valence-corrected chi connectivity index (χ4v) is 3.56. The number of nitrogens with two attached hydrogens (primary N) is 1. The summed E-state index contributed by atoms with van der Waals surface area (Å²) in [6.07, 6.45) is 5.24. The number of nitrogens with zero attached hydrogens (tertiary/aromatic N) is 7. The Labute approximate surface area is 195 Å². The van der Waals surface area contributed by atoms with Gasteiger partial charge in [-0.3, -0.25) is 4.79 Å². The van der Waals surface area contributed by atoms with Crippen LogP contribution in [0.15, 0.2) is 55.0 Å². The SMILES string of the molecule is CCC(=O)Nc1ncccc1O.N#[N+]c1snc2ncccc12.Nc1snc2ncccc12. The third-order valence-corrected chi connectivity index (χ3v) is 5.39. The fourth-order valence-electron chi connectivity index (χ4n) is 2.36. The maximum absolute atomic E-state index is 10.9. The second kappa shape index (κ2) is 11.4. The Balaban J connectivity index is 0.000000140. The molecule has 0 fully saturated rings. The number of amides is 1. The monoisotopic (exact) mass is 480 g/mol. The first-order valence-electron chi connectivity index (χ1n) is 9.48. The Morgan fingerprint density at radius 3 is 2.27 bits per heavy atom. The van der Waals surface area contributed by atoms with E-state index in [4.69, 9.17) is 11.1 Å². The molecule has 0 spiro atoms. The third kappa shape index (κ3) is 6.12. The number of diazo groups is 1. The predicted octanol–water partition coefficient (Wildman–Crippen LogP) is 4.59. The first kappa shape index (κ1) is 23.4. The van der Waals surface area contributed by atoms with Crippen molar-refractivity contribution in [2.24, 2.45) is 0 Å². The van der Waals surface area contributed by atoms with Crippen LogP contribution in [-0.2, 0) is 4.79 Å². The van der Waals surface area contributed by atoms with E-state index in [1.807, 2.05) is 18.2 Å². The highest BCUT2D eigenvalue weighted by molar-refractivity contribution is 7.12. The number of aromatic nitrogens is 5. The number of hydrogen-bond acceptors (Lipinski definition) is 11. The van der Waals surface area contributed by atoms with Gasteiger partial charge in [0.25, 0.3) is 0 Å². The van der Waals surface area contributed by atoms with Gasteiger partial charge in [-0.2, -0.15) is 8.75 Å². The van der Waals surface area contributed by atoms with Crippen molar-refractivity contribution < 1.29 is 9.90 Å². The molecule has 0 saturated carbocycles. The van der Waals surface area contributed by atoms with Gasteiger partial charge in [-0.1, -0.05) is 6.92 Å². The molecule has 0 aliphatic rings. The van der Waals surface area contributed by atoms with Crippen LogP contribution >= 0.6 is 23.1 Å². The molecule has 0 aliphatic heterocycles. The molecule has 11 nitrogen and oxygen atoms in total. The van der Waals surface area contributed by atoms with Gasteiger partial charge in [0.15, 0.2) is 27.8 Å². The van der Waals surface area contributed by atoms with E-state index in [2.05, 4.69) is 34.0 Å². The smallest absolute Gasteiger partial charge is 0.468 e. The molecular formula is C20H18N9O2S2+. The van der Waals surface area contributed by atoms with E-state index < -0.39 is 0 Å². The van der Waals surface area contributed by atoms with Crippen LogP contribution in [0.25, 0.3) is 27.0 Å². The van der Waals surface area contributed by atoms with Crippen LogP contribution in [0.3, 0.4) is 0 Å². The van der Waals surface area contributed by atoms with E-state index in [0.29, 0.717) is 17.1 Å². The van der Waals surface area contributed by atoms with Crippen LogP contribution in [0, 0.1) is 5.39 Å². The summed E-state index contributed by atoms with van der Waals surface area (Å²) < 4.78 is 7.99. The Morgan fingerprint density at radius 2 is 1.64 bits per heavy atom. The van der Waals surface area contributed by atoms with Crippen LogP contribution < -0.4 is 11.1 Å². The summed E-state index contributed by atoms with van der Waals surface area (Å²) in [4.78, 5) is 25.7. The van der Waals surface area contributed by atoms with Crippen molar-refractivity contribution in [3.05, 3.63) is 60.0 Å². The minimum Gasteiger partial charge on any atom is -0.504 e. The van der Waals surface area contributed by atoms with Gasteiger partial charge in [0.1, 0.15) is 10.4 Å². The molecule has 0 aromatic carbocycles. The largest absolute Gasteiger partial charge is 0.504 e. The van der Waals surface area contributed by atoms with Crippen molar-refractivity contribution in [1.82, 2.24) is 23.7 Å². The van der Waals surface area contributed by atoms with Gasteiger partial charge in [0.05, 0.1) is 16.9 Å². The average Bonchev–Trinajstić information content (AvgIpc) is 3.45. The zero-order valence-electron chi connectivity index (χ0n) is 17.3. The molecule has 5 aromatic rings. The summed E-state index contributed by atoms with van der Waals surface area (Å²) in [6.45, 7) is 1.73. The molecule has 13 heteroatoms. The summed E-state index contributed by atoms with van der Waals surface area (Å²) in [5.41, 5.74) is 6.96. The Kier molecular flexibility index (Phi) is 8.06. The normalized spacial score (nSPS) is 9.82. The lowest BCUT2D eigenvalue weighted by Gasteiger charge is -2.02. The van der Waals surface area contributed by atoms with Crippen molar-refractivity contribution in [3.8, 4) is 5.75 Å². The number of nitrogen functional groups attached to an aromatic ring is 1. The summed E-state index contributed by atoms with van der Waals surface area (Å²) in [6, 6.07) is 10.4. The topological polar surface area (TPSA) is 168 Å². The zero-order chi connectivity index (χ0) is 23.6. The highest BCUT2D eigenvalue weighted by Gasteiger charge is 2.15. The summed E-state index contributed by atoms with van der Waals surface area (Å²) in [5, 5.41) is 23.1. The third-order valence-electron chi connectivity index (χ3n) is 3.97. The van der Waals surface area contributed by atoms with Gasteiger partial charge >= 0.3 is 5.00 Å². The lowest BCUT2D eigenvalue weighted by atomic mass is 10.3. The molecule has 0 radical (unpaired) electrons. The molecule has 5 rings (SSSR count). The first-order chi connectivity index (χ1) is 16.0. The molecule has 4 N–H and O–H groups in total. The number of aromatic hydroxyl groups is 1. The van der Waals surface area contributed by atoms with Gasteiger partial charge in [0.2, 0.25) is 11.3 Å². The number of carbonyl (C=O) groups is 1. The van der Waals surface area contributed by atoms with Gasteiger partial charge in [-0.25, -0.2) is 15.0 Å². The maximum Gasteiger partial charge on any atom is 0.468 e. The minimum absolute atomic E-state index is 0.0145. The van der Waals surface area contributed by atoms with Crippen LogP contribution in [0.4, 0.5) is 15.8 Å². The lowest BCUT2D eigenvalue weighted by Crippen LogP contribution is -2.10. The molecule has 1 amide bonds. The second-order valence-corrected chi connectivity index (χ2v) is 7.71. The highest BCUT2D eigenvalue weighted by atomic mass is 32.1. The van der Waals surface area contributed by atoms with Crippen LogP contribution in [0.2, 0.25) is 0 Å². The average molecular weight is 481 g/mol. The van der Waals surface area contributed by atoms with Gasteiger partial charge in [0, 0.05) is 25.0 Å². The minimum atomic E-state index is -0.163. The van der Waals surface area contributed by atoms with Crippen LogP contribution in [0.1, 0.15) is 13.3 Å². The number of fused-ring (bicyclic) bond motifs is 2. The van der Waals surface area contributed by atoms with E-state index in [1.54, 1.807) is 31.5 Å². The lowest BCUT2D eigenvalue weighted by molar-refractivity contribution is -0.115. The zero-order valence-corrected chi connectivity index (χ0v) is 18.9. The van der Waals surface area contributed by atoms with E-state index in [-0.39, 0.29) is 17.5 Å². The maximum atomic E-state index is 10.9. The van der Waals surface area contributed by atoms with E-state index >= 15 is 0 Å². The number of anilines is 2. The quantitative estimate of drug-likeness (QED) is 0.306. The van der Waals surface area contributed by atoms with Gasteiger partial charge in [-0.05, 0) is 47.9 Å². The number of carbonyl (C=O) groups excluding carboxylic acids is 1. The molecule has 33 heavy (non-hydrogen) atoms. The molecule has 0 atom stereocenters. The Morgan fingerprint density at radius 1 is 1.03 bits per heavy atom. The van der Waals surface area contributed by atoms with Gasteiger partial charge < -0.3 is 16.2 Å². The van der Waals surface area contributed by atoms with Crippen molar-refractivity contribution >= 4 is 66.9 Å². The van der Waals surface area contributed by atoms with E-state index in [1.165, 1.54) is 23.8 Å². The highest BCUT2D eigenvalue weighted by Crippen LogP contribution is 2.28. The molecule has 0 bridgehead atoms. The summed E-state index contributed by atoms with van der Waals surface area (Å²) >= 11 is 2.42. The number of hydrogen-bond donors (Lipinski definition) is 3. The Hall–Kier alpha value is -4.28. The fraction of sp³-hybridized carbons (Fsp3) is 0.100. The van der Waals surface area contributed by atoms with E-state index in [0.717, 1.165) is 33.0 Å². The molecule has 166 valence electrons. The molecule has 0 aliphatic carbocycles. The molecule has 0 unspecified atom stereocenters. The molecule has 0 saturated heterocycles. The predicted molar refractivity (Wildman–Crippen MR) is 129 cm³/mol. The molecule has 5 aromatic heterocycles. The van der Waals surface area contributed by atoms with Crippen molar-refractivity contribution in [2.45, 2.75) is 13.3 Å². The van der Waals surface area contributed by atoms with Crippen molar-refractivity contribution in [2.75, 3.05) is 11.1 Å². The van der Waals surface area contributed by atoms with Crippen molar-refractivity contribution in [3.63, 3.8) is 0 Å². The van der Waals surface area contributed by atoms with Crippen molar-refractivity contribution in [1.29, 1.82) is 5.39 Å². The number of pyridine rings is 3. The number of rotatable bonds is 2. The van der Waals surface area contributed by atoms with Crippen LogP contribution in [-0.4, -0.2) is 34.7 Å². The van der Waals surface area contributed by atoms with Crippen LogP contribution in [0.5, 0.6) is 5.75 Å².